The first kappa shape index (κ1) is 26.0. The fourth-order valence-electron chi connectivity index (χ4n) is 4.88. The molecule has 0 aliphatic carbocycles. The van der Waals surface area contributed by atoms with Crippen LogP contribution in [-0.2, 0) is 11.3 Å². The normalized spacial score (nSPS) is 19.8. The Labute approximate surface area is 224 Å². The van der Waals surface area contributed by atoms with Crippen LogP contribution in [0.5, 0.6) is 0 Å². The molecule has 3 heterocycles. The lowest BCUT2D eigenvalue weighted by Gasteiger charge is -2.39. The molecule has 1 saturated heterocycles. The maximum absolute atomic E-state index is 15.0. The molecule has 0 bridgehead atoms. The number of carbonyl (C=O) groups is 1. The van der Waals surface area contributed by atoms with Crippen molar-refractivity contribution in [2.45, 2.75) is 30.5 Å². The molecule has 5 rings (SSSR count). The number of hydrogen-bond donors (Lipinski definition) is 1. The Hall–Kier alpha value is -2.60. The van der Waals surface area contributed by atoms with Gasteiger partial charge >= 0.3 is 11.8 Å². The molecule has 196 valence electrons. The molecule has 2 aliphatic rings. The fraction of sp³-hybridized carbons (Fsp3) is 0.375. The van der Waals surface area contributed by atoms with Gasteiger partial charge in [0.05, 0.1) is 28.2 Å². The molecule has 2 aromatic carbocycles. The van der Waals surface area contributed by atoms with E-state index in [2.05, 4.69) is 4.98 Å². The van der Waals surface area contributed by atoms with E-state index in [0.717, 1.165) is 0 Å². The van der Waals surface area contributed by atoms with Gasteiger partial charge < -0.3 is 19.6 Å². The van der Waals surface area contributed by atoms with Gasteiger partial charge in [0.25, 0.3) is 0 Å². The summed E-state index contributed by atoms with van der Waals surface area (Å²) in [6.45, 7) is 2.87. The van der Waals surface area contributed by atoms with E-state index in [1.165, 1.54) is 27.3 Å². The van der Waals surface area contributed by atoms with Crippen molar-refractivity contribution in [1.82, 2.24) is 14.5 Å². The summed E-state index contributed by atoms with van der Waals surface area (Å²) >= 11 is 14.1. The Morgan fingerprint density at radius 1 is 1.16 bits per heavy atom. The van der Waals surface area contributed by atoms with Crippen molar-refractivity contribution >= 4 is 57.8 Å². The van der Waals surface area contributed by atoms with Gasteiger partial charge in [-0.1, -0.05) is 23.2 Å². The molecule has 1 amide bonds. The number of ether oxygens (including phenoxy) is 1. The largest absolute Gasteiger partial charge is 0.465 e. The van der Waals surface area contributed by atoms with Crippen LogP contribution < -0.4 is 10.6 Å². The maximum Gasteiger partial charge on any atom is 0.407 e. The minimum absolute atomic E-state index is 0.0115. The van der Waals surface area contributed by atoms with Crippen molar-refractivity contribution in [1.29, 1.82) is 0 Å². The minimum atomic E-state index is -1.01. The number of halogens is 4. The van der Waals surface area contributed by atoms with E-state index < -0.39 is 23.4 Å². The predicted octanol–water partition coefficient (Wildman–Crippen LogP) is 4.96. The minimum Gasteiger partial charge on any atom is -0.465 e. The summed E-state index contributed by atoms with van der Waals surface area (Å²) in [6.07, 6.45) is -1.35. The lowest BCUT2D eigenvalue weighted by atomic mass is 10.0. The smallest absolute Gasteiger partial charge is 0.407 e. The topological polar surface area (TPSA) is 87.9 Å². The summed E-state index contributed by atoms with van der Waals surface area (Å²) < 4.78 is 36.0. The third kappa shape index (κ3) is 4.52. The van der Waals surface area contributed by atoms with Gasteiger partial charge in [-0.05, 0) is 19.1 Å². The first-order valence-corrected chi connectivity index (χ1v) is 13.2. The zero-order chi connectivity index (χ0) is 26.6. The molecule has 0 saturated carbocycles. The van der Waals surface area contributed by atoms with E-state index in [9.17, 15) is 19.1 Å². The standard InChI is InChI=1S/C24H22Cl2F2N4O4S/c1-11-8-30(24(34)35)3-4-31(11)22-14-6-16(26)19(13-5-15(25)18(28)7-17(13)27)21-20(14)32(23(33)29-22)9-12(36-2)10-37-21/h5-7,11-12H,3-4,8-10H2,1-2H3,(H,34,35)/t11-,12+/m0/s1. The van der Waals surface area contributed by atoms with E-state index in [1.54, 1.807) is 13.2 Å². The van der Waals surface area contributed by atoms with Gasteiger partial charge in [-0.3, -0.25) is 4.57 Å². The van der Waals surface area contributed by atoms with Gasteiger partial charge in [-0.15, -0.1) is 11.8 Å². The Kier molecular flexibility index (Phi) is 6.99. The lowest BCUT2D eigenvalue weighted by Crippen LogP contribution is -2.54. The highest BCUT2D eigenvalue weighted by molar-refractivity contribution is 7.99. The molecular formula is C24H22Cl2F2N4O4S. The van der Waals surface area contributed by atoms with Crippen molar-refractivity contribution < 1.29 is 23.4 Å². The van der Waals surface area contributed by atoms with E-state index in [4.69, 9.17) is 27.9 Å². The number of thioether (sulfide) groups is 1. The van der Waals surface area contributed by atoms with Gasteiger partial charge in [0, 0.05) is 66.0 Å². The van der Waals surface area contributed by atoms with Crippen molar-refractivity contribution in [2.24, 2.45) is 0 Å². The summed E-state index contributed by atoms with van der Waals surface area (Å²) in [4.78, 5) is 33.0. The average molecular weight is 571 g/mol. The molecule has 0 spiro atoms. The second-order valence-corrected chi connectivity index (χ2v) is 10.8. The van der Waals surface area contributed by atoms with Gasteiger partial charge in [-0.2, -0.15) is 4.98 Å². The van der Waals surface area contributed by atoms with Crippen molar-refractivity contribution in [3.63, 3.8) is 0 Å². The Morgan fingerprint density at radius 2 is 1.92 bits per heavy atom. The molecule has 8 nitrogen and oxygen atoms in total. The fourth-order valence-corrected chi connectivity index (χ4v) is 6.72. The summed E-state index contributed by atoms with van der Waals surface area (Å²) in [5, 5.41) is 9.88. The van der Waals surface area contributed by atoms with Crippen molar-refractivity contribution in [3.8, 4) is 11.1 Å². The Balaban J connectivity index is 1.79. The molecule has 1 aromatic heterocycles. The Morgan fingerprint density at radius 3 is 2.59 bits per heavy atom. The summed E-state index contributed by atoms with van der Waals surface area (Å²) in [5.74, 6) is -0.915. The molecule has 37 heavy (non-hydrogen) atoms. The Bertz CT molecular complexity index is 1490. The second kappa shape index (κ2) is 9.94. The average Bonchev–Trinajstić information content (AvgIpc) is 3.05. The molecule has 2 atom stereocenters. The number of nitrogens with zero attached hydrogens (tertiary/aromatic N) is 4. The molecule has 1 fully saturated rings. The third-order valence-electron chi connectivity index (χ3n) is 6.73. The quantitative estimate of drug-likeness (QED) is 0.445. The van der Waals surface area contributed by atoms with Crippen LogP contribution in [0.4, 0.5) is 19.4 Å². The number of carboxylic acid groups (broad SMARTS) is 1. The number of anilines is 1. The highest BCUT2D eigenvalue weighted by Gasteiger charge is 2.32. The van der Waals surface area contributed by atoms with Gasteiger partial charge in [0.1, 0.15) is 17.5 Å². The van der Waals surface area contributed by atoms with E-state index in [-0.39, 0.29) is 47.4 Å². The van der Waals surface area contributed by atoms with Crippen LogP contribution in [-0.4, -0.2) is 70.3 Å². The summed E-state index contributed by atoms with van der Waals surface area (Å²) in [5.41, 5.74) is 0.292. The zero-order valence-electron chi connectivity index (χ0n) is 19.8. The van der Waals surface area contributed by atoms with E-state index >= 15 is 4.39 Å². The van der Waals surface area contributed by atoms with E-state index in [0.29, 0.717) is 45.5 Å². The highest BCUT2D eigenvalue weighted by atomic mass is 35.5. The number of methoxy groups -OCH3 is 1. The van der Waals surface area contributed by atoms with Crippen LogP contribution in [0.25, 0.3) is 22.0 Å². The second-order valence-electron chi connectivity index (χ2n) is 8.97. The van der Waals surface area contributed by atoms with Crippen molar-refractivity contribution in [3.05, 3.63) is 50.4 Å². The number of amides is 1. The molecule has 0 unspecified atom stereocenters. The van der Waals surface area contributed by atoms with Gasteiger partial charge in [0.15, 0.2) is 0 Å². The zero-order valence-corrected chi connectivity index (χ0v) is 22.1. The predicted molar refractivity (Wildman–Crippen MR) is 139 cm³/mol. The van der Waals surface area contributed by atoms with Crippen LogP contribution in [0.2, 0.25) is 10.0 Å². The molecule has 0 radical (unpaired) electrons. The van der Waals surface area contributed by atoms with Crippen LogP contribution >= 0.6 is 35.0 Å². The molecule has 1 N–H and O–H groups in total. The molecule has 3 aromatic rings. The number of rotatable bonds is 3. The van der Waals surface area contributed by atoms with Crippen molar-refractivity contribution in [2.75, 3.05) is 37.4 Å². The first-order valence-electron chi connectivity index (χ1n) is 11.4. The number of aromatic nitrogens is 2. The summed E-state index contributed by atoms with van der Waals surface area (Å²) in [6, 6.07) is 3.25. The van der Waals surface area contributed by atoms with Gasteiger partial charge in [0.2, 0.25) is 0 Å². The van der Waals surface area contributed by atoms with E-state index in [1.807, 2.05) is 11.8 Å². The van der Waals surface area contributed by atoms with Crippen LogP contribution in [0.15, 0.2) is 27.9 Å². The van der Waals surface area contributed by atoms with Crippen LogP contribution in [0.1, 0.15) is 6.92 Å². The molecule has 13 heteroatoms. The SMILES string of the molecule is CO[C@H]1CSc2c(-c3cc(Cl)c(F)cc3F)c(Cl)cc3c(N4CCN(C(=O)O)C[C@@H]4C)nc(=O)n(c23)C1. The first-order chi connectivity index (χ1) is 17.6. The molecular weight excluding hydrogens is 549 g/mol. The number of hydrogen-bond acceptors (Lipinski definition) is 6. The van der Waals surface area contributed by atoms with Crippen LogP contribution in [0.3, 0.4) is 0 Å². The number of benzene rings is 2. The number of piperazine rings is 1. The lowest BCUT2D eigenvalue weighted by molar-refractivity contribution is 0.107. The monoisotopic (exact) mass is 570 g/mol. The highest BCUT2D eigenvalue weighted by Crippen LogP contribution is 2.46. The maximum atomic E-state index is 15.0. The molecule has 2 aliphatic heterocycles. The summed E-state index contributed by atoms with van der Waals surface area (Å²) in [7, 11) is 1.54. The van der Waals surface area contributed by atoms with Gasteiger partial charge in [-0.25, -0.2) is 18.4 Å². The van der Waals surface area contributed by atoms with Crippen LogP contribution in [0, 0.1) is 11.6 Å². The third-order valence-corrected chi connectivity index (χ3v) is 8.55.